The fourth-order valence-electron chi connectivity index (χ4n) is 2.46. The van der Waals surface area contributed by atoms with Crippen molar-refractivity contribution in [2.45, 2.75) is 26.8 Å². The normalized spacial score (nSPS) is 11.2. The van der Waals surface area contributed by atoms with E-state index in [0.717, 1.165) is 29.4 Å². The molecule has 0 unspecified atom stereocenters. The van der Waals surface area contributed by atoms with Crippen LogP contribution < -0.4 is 5.76 Å². The average Bonchev–Trinajstić information content (AvgIpc) is 3.08. The lowest BCUT2D eigenvalue weighted by Crippen LogP contribution is -2.00. The number of fused-ring (bicyclic) bond motifs is 1. The molecule has 112 valence electrons. The van der Waals surface area contributed by atoms with Crippen LogP contribution >= 0.6 is 0 Å². The smallest absolute Gasteiger partial charge is 0.346 e. The molecule has 0 spiro atoms. The third-order valence-electron chi connectivity index (χ3n) is 3.66. The van der Waals surface area contributed by atoms with Crippen molar-refractivity contribution in [2.75, 3.05) is 0 Å². The van der Waals surface area contributed by atoms with E-state index in [1.54, 1.807) is 0 Å². The first kappa shape index (κ1) is 14.1. The third kappa shape index (κ3) is 2.53. The van der Waals surface area contributed by atoms with Crippen LogP contribution in [-0.4, -0.2) is 14.7 Å². The summed E-state index contributed by atoms with van der Waals surface area (Å²) in [4.78, 5) is 13.6. The van der Waals surface area contributed by atoms with E-state index in [1.807, 2.05) is 24.4 Å². The number of hydrogen-bond donors (Lipinski definition) is 1. The van der Waals surface area contributed by atoms with Crippen molar-refractivity contribution in [3.63, 3.8) is 0 Å². The zero-order valence-electron chi connectivity index (χ0n) is 12.5. The summed E-state index contributed by atoms with van der Waals surface area (Å²) >= 11 is 0. The maximum atomic E-state index is 11.1. The number of benzene rings is 1. The summed E-state index contributed by atoms with van der Waals surface area (Å²) in [6.07, 6.45) is 2.90. The average molecular weight is 296 g/mol. The first-order valence-electron chi connectivity index (χ1n) is 7.18. The summed E-state index contributed by atoms with van der Waals surface area (Å²) in [7, 11) is 0. The summed E-state index contributed by atoms with van der Waals surface area (Å²) in [5, 5.41) is 13.9. The third-order valence-corrected chi connectivity index (χ3v) is 3.66. The number of aromatic nitrogens is 3. The standard InChI is InChI=1S/C16H16N4O2/c1-10(2)5-6-20-9-12(8-17)13-4-3-11(7-14(13)20)15-18-16(21)22-19-15/h3-4,7,9-10H,5-6H2,1-2H3,(H,18,19,21). The second kappa shape index (κ2) is 5.53. The van der Waals surface area contributed by atoms with Crippen LogP contribution in [0.4, 0.5) is 0 Å². The molecule has 0 saturated heterocycles. The Labute approximate surface area is 127 Å². The van der Waals surface area contributed by atoms with Crippen LogP contribution in [0.5, 0.6) is 0 Å². The summed E-state index contributed by atoms with van der Waals surface area (Å²) in [5.41, 5.74) is 2.37. The molecule has 0 aliphatic heterocycles. The first-order chi connectivity index (χ1) is 10.6. The molecule has 1 aromatic carbocycles. The number of hydrogen-bond acceptors (Lipinski definition) is 4. The fraction of sp³-hybridized carbons (Fsp3) is 0.312. The van der Waals surface area contributed by atoms with Crippen molar-refractivity contribution < 1.29 is 4.52 Å². The van der Waals surface area contributed by atoms with Gasteiger partial charge in [-0.25, -0.2) is 4.79 Å². The highest BCUT2D eigenvalue weighted by molar-refractivity contribution is 5.89. The van der Waals surface area contributed by atoms with Gasteiger partial charge in [0.2, 0.25) is 0 Å². The molecule has 0 atom stereocenters. The van der Waals surface area contributed by atoms with E-state index in [9.17, 15) is 10.1 Å². The van der Waals surface area contributed by atoms with Gasteiger partial charge < -0.3 is 4.57 Å². The van der Waals surface area contributed by atoms with Gasteiger partial charge >= 0.3 is 5.76 Å². The lowest BCUT2D eigenvalue weighted by Gasteiger charge is -2.08. The van der Waals surface area contributed by atoms with Crippen LogP contribution in [0.25, 0.3) is 22.3 Å². The number of H-pyrrole nitrogens is 1. The molecule has 6 heteroatoms. The maximum Gasteiger partial charge on any atom is 0.439 e. The Balaban J connectivity index is 2.11. The zero-order valence-corrected chi connectivity index (χ0v) is 12.5. The molecule has 1 N–H and O–H groups in total. The summed E-state index contributed by atoms with van der Waals surface area (Å²) in [6, 6.07) is 7.85. The molecule has 2 aromatic heterocycles. The van der Waals surface area contributed by atoms with Crippen LogP contribution in [0, 0.1) is 17.2 Å². The zero-order chi connectivity index (χ0) is 15.7. The van der Waals surface area contributed by atoms with Gasteiger partial charge in [0.1, 0.15) is 6.07 Å². The van der Waals surface area contributed by atoms with Gasteiger partial charge in [0.15, 0.2) is 5.82 Å². The van der Waals surface area contributed by atoms with Crippen molar-refractivity contribution in [1.29, 1.82) is 5.26 Å². The van der Waals surface area contributed by atoms with Crippen molar-refractivity contribution in [2.24, 2.45) is 5.92 Å². The van der Waals surface area contributed by atoms with Crippen molar-refractivity contribution in [1.82, 2.24) is 14.7 Å². The monoisotopic (exact) mass is 296 g/mol. The number of nitriles is 1. The Hall–Kier alpha value is -2.81. The Morgan fingerprint density at radius 2 is 2.27 bits per heavy atom. The van der Waals surface area contributed by atoms with Gasteiger partial charge in [-0.3, -0.25) is 9.51 Å². The van der Waals surface area contributed by atoms with Crippen LogP contribution in [0.1, 0.15) is 25.8 Å². The quantitative estimate of drug-likeness (QED) is 0.801. The molecule has 0 aliphatic rings. The molecule has 0 aliphatic carbocycles. The van der Waals surface area contributed by atoms with Gasteiger partial charge in [0.25, 0.3) is 0 Å². The second-order valence-electron chi connectivity index (χ2n) is 5.71. The van der Waals surface area contributed by atoms with E-state index in [1.165, 1.54) is 0 Å². The number of aromatic amines is 1. The highest BCUT2D eigenvalue weighted by Crippen LogP contribution is 2.26. The van der Waals surface area contributed by atoms with E-state index in [0.29, 0.717) is 17.3 Å². The Bertz CT molecular complexity index is 908. The van der Waals surface area contributed by atoms with E-state index >= 15 is 0 Å². The predicted molar refractivity (Wildman–Crippen MR) is 82.2 cm³/mol. The summed E-state index contributed by atoms with van der Waals surface area (Å²) in [6.45, 7) is 5.18. The van der Waals surface area contributed by atoms with Crippen LogP contribution in [0.3, 0.4) is 0 Å². The van der Waals surface area contributed by atoms with Crippen molar-refractivity contribution in [3.05, 3.63) is 40.5 Å². The SMILES string of the molecule is CC(C)CCn1cc(C#N)c2ccc(-c3noc(=O)[nH]3)cc21. The Morgan fingerprint density at radius 3 is 2.91 bits per heavy atom. The summed E-state index contributed by atoms with van der Waals surface area (Å²) < 4.78 is 6.63. The molecule has 6 nitrogen and oxygen atoms in total. The number of aryl methyl sites for hydroxylation is 1. The molecule has 3 rings (SSSR count). The Kier molecular flexibility index (Phi) is 3.55. The minimum atomic E-state index is -0.581. The molecule has 0 fully saturated rings. The van der Waals surface area contributed by atoms with Crippen LogP contribution in [-0.2, 0) is 6.54 Å². The minimum Gasteiger partial charge on any atom is -0.346 e. The van der Waals surface area contributed by atoms with Gasteiger partial charge in [-0.05, 0) is 18.4 Å². The van der Waals surface area contributed by atoms with E-state index in [4.69, 9.17) is 0 Å². The lowest BCUT2D eigenvalue weighted by molar-refractivity contribution is 0.388. The van der Waals surface area contributed by atoms with Gasteiger partial charge in [-0.1, -0.05) is 31.1 Å². The first-order valence-corrected chi connectivity index (χ1v) is 7.18. The summed E-state index contributed by atoms with van der Waals surface area (Å²) in [5.74, 6) is 0.392. The van der Waals surface area contributed by atoms with Crippen molar-refractivity contribution >= 4 is 10.9 Å². The fourth-order valence-corrected chi connectivity index (χ4v) is 2.46. The van der Waals surface area contributed by atoms with Gasteiger partial charge in [-0.15, -0.1) is 0 Å². The number of nitrogens with one attached hydrogen (secondary N) is 1. The molecule has 0 bridgehead atoms. The Morgan fingerprint density at radius 1 is 1.45 bits per heavy atom. The van der Waals surface area contributed by atoms with Crippen LogP contribution in [0.15, 0.2) is 33.7 Å². The topological polar surface area (TPSA) is 87.6 Å². The molecule has 0 radical (unpaired) electrons. The predicted octanol–water partition coefficient (Wildman–Crippen LogP) is 2.90. The van der Waals surface area contributed by atoms with E-state index in [-0.39, 0.29) is 0 Å². The molecule has 3 aromatic rings. The minimum absolute atomic E-state index is 0.391. The van der Waals surface area contributed by atoms with Gasteiger partial charge in [-0.2, -0.15) is 5.26 Å². The molecule has 2 heterocycles. The second-order valence-corrected chi connectivity index (χ2v) is 5.71. The largest absolute Gasteiger partial charge is 0.439 e. The van der Waals surface area contributed by atoms with Crippen molar-refractivity contribution in [3.8, 4) is 17.5 Å². The number of rotatable bonds is 4. The molecule has 22 heavy (non-hydrogen) atoms. The molecular formula is C16H16N4O2. The highest BCUT2D eigenvalue weighted by Gasteiger charge is 2.12. The van der Waals surface area contributed by atoms with Crippen LogP contribution in [0.2, 0.25) is 0 Å². The molecular weight excluding hydrogens is 280 g/mol. The van der Waals surface area contributed by atoms with Gasteiger partial charge in [0, 0.05) is 23.7 Å². The van der Waals surface area contributed by atoms with E-state index < -0.39 is 5.76 Å². The van der Waals surface area contributed by atoms with E-state index in [2.05, 4.69) is 39.1 Å². The van der Waals surface area contributed by atoms with Gasteiger partial charge in [0.05, 0.1) is 11.1 Å². The molecule has 0 amide bonds. The molecule has 0 saturated carbocycles. The highest BCUT2D eigenvalue weighted by atomic mass is 16.5. The maximum absolute atomic E-state index is 11.1. The number of nitrogens with zero attached hydrogens (tertiary/aromatic N) is 3. The lowest BCUT2D eigenvalue weighted by atomic mass is 10.1.